The van der Waals surface area contributed by atoms with E-state index in [-0.39, 0.29) is 5.91 Å². The maximum absolute atomic E-state index is 12.3. The summed E-state index contributed by atoms with van der Waals surface area (Å²) >= 11 is 0. The first-order valence-electron chi connectivity index (χ1n) is 10.5. The van der Waals surface area contributed by atoms with Gasteiger partial charge in [0.25, 0.3) is 0 Å². The van der Waals surface area contributed by atoms with Crippen molar-refractivity contribution >= 4 is 11.6 Å². The lowest BCUT2D eigenvalue weighted by atomic mass is 9.93. The number of methoxy groups -OCH3 is 1. The SMILES string of the molecule is CCN(CCC1CCN(CC(=O)Nc2cccc(OC)c2)CC1)CC1CC1. The molecule has 1 amide bonds. The third-order valence-electron chi connectivity index (χ3n) is 5.94. The van der Waals surface area contributed by atoms with Crippen molar-refractivity contribution in [2.24, 2.45) is 11.8 Å². The molecule has 1 N–H and O–H groups in total. The van der Waals surface area contributed by atoms with E-state index >= 15 is 0 Å². The largest absolute Gasteiger partial charge is 0.497 e. The minimum atomic E-state index is 0.0586. The van der Waals surface area contributed by atoms with Gasteiger partial charge in [-0.3, -0.25) is 9.69 Å². The maximum atomic E-state index is 12.3. The van der Waals surface area contributed by atoms with Crippen LogP contribution in [0.5, 0.6) is 5.75 Å². The fourth-order valence-corrected chi connectivity index (χ4v) is 3.95. The molecule has 1 aliphatic heterocycles. The molecule has 5 heteroatoms. The number of piperidine rings is 1. The van der Waals surface area contributed by atoms with Crippen LogP contribution in [0.15, 0.2) is 24.3 Å². The molecular formula is C22H35N3O2. The summed E-state index contributed by atoms with van der Waals surface area (Å²) in [7, 11) is 1.64. The molecule has 1 saturated heterocycles. The third-order valence-corrected chi connectivity index (χ3v) is 5.94. The van der Waals surface area contributed by atoms with Crippen LogP contribution in [0.2, 0.25) is 0 Å². The van der Waals surface area contributed by atoms with E-state index in [0.717, 1.165) is 36.4 Å². The highest BCUT2D eigenvalue weighted by Gasteiger charge is 2.25. The van der Waals surface area contributed by atoms with Gasteiger partial charge < -0.3 is 15.0 Å². The predicted octanol–water partition coefficient (Wildman–Crippen LogP) is 3.47. The molecule has 5 nitrogen and oxygen atoms in total. The predicted molar refractivity (Wildman–Crippen MR) is 110 cm³/mol. The second kappa shape index (κ2) is 10.1. The van der Waals surface area contributed by atoms with Gasteiger partial charge >= 0.3 is 0 Å². The molecule has 0 bridgehead atoms. The van der Waals surface area contributed by atoms with Gasteiger partial charge in [-0.25, -0.2) is 0 Å². The second-order valence-electron chi connectivity index (χ2n) is 8.12. The van der Waals surface area contributed by atoms with E-state index in [1.807, 2.05) is 24.3 Å². The van der Waals surface area contributed by atoms with Gasteiger partial charge in [0.2, 0.25) is 5.91 Å². The quantitative estimate of drug-likeness (QED) is 0.682. The zero-order valence-electron chi connectivity index (χ0n) is 17.0. The minimum Gasteiger partial charge on any atom is -0.497 e. The first kappa shape index (κ1) is 20.2. The van der Waals surface area contributed by atoms with E-state index in [0.29, 0.717) is 6.54 Å². The summed E-state index contributed by atoms with van der Waals surface area (Å²) in [5, 5.41) is 2.98. The van der Waals surface area contributed by atoms with Crippen molar-refractivity contribution in [2.45, 2.75) is 39.0 Å². The summed E-state index contributed by atoms with van der Waals surface area (Å²) < 4.78 is 5.21. The number of nitrogens with one attached hydrogen (secondary N) is 1. The molecule has 0 unspecified atom stereocenters. The fourth-order valence-electron chi connectivity index (χ4n) is 3.95. The molecule has 1 heterocycles. The summed E-state index contributed by atoms with van der Waals surface area (Å²) in [5.41, 5.74) is 0.796. The molecule has 27 heavy (non-hydrogen) atoms. The van der Waals surface area contributed by atoms with E-state index < -0.39 is 0 Å². The number of amides is 1. The van der Waals surface area contributed by atoms with Gasteiger partial charge in [0.15, 0.2) is 0 Å². The summed E-state index contributed by atoms with van der Waals surface area (Å²) in [6, 6.07) is 7.52. The molecule has 1 aromatic rings. The number of ether oxygens (including phenoxy) is 1. The monoisotopic (exact) mass is 373 g/mol. The van der Waals surface area contributed by atoms with Gasteiger partial charge in [-0.15, -0.1) is 0 Å². The van der Waals surface area contributed by atoms with Crippen LogP contribution in [0.1, 0.15) is 39.0 Å². The normalized spacial score (nSPS) is 18.6. The first-order valence-corrected chi connectivity index (χ1v) is 10.5. The number of carbonyl (C=O) groups excluding carboxylic acids is 1. The summed E-state index contributed by atoms with van der Waals surface area (Å²) in [6.07, 6.45) is 6.62. The lowest BCUT2D eigenvalue weighted by Crippen LogP contribution is -2.40. The molecule has 0 spiro atoms. The molecule has 2 fully saturated rings. The Morgan fingerprint density at radius 1 is 1.22 bits per heavy atom. The van der Waals surface area contributed by atoms with Gasteiger partial charge in [-0.2, -0.15) is 0 Å². The van der Waals surface area contributed by atoms with Crippen molar-refractivity contribution in [2.75, 3.05) is 51.7 Å². The number of rotatable bonds is 10. The third kappa shape index (κ3) is 6.82. The Bertz CT molecular complexity index is 595. The number of anilines is 1. The van der Waals surface area contributed by atoms with Crippen molar-refractivity contribution in [3.05, 3.63) is 24.3 Å². The van der Waals surface area contributed by atoms with Crippen LogP contribution in [0, 0.1) is 11.8 Å². The number of benzene rings is 1. The van der Waals surface area contributed by atoms with Crippen molar-refractivity contribution in [3.63, 3.8) is 0 Å². The molecule has 0 aromatic heterocycles. The lowest BCUT2D eigenvalue weighted by Gasteiger charge is -2.32. The highest BCUT2D eigenvalue weighted by atomic mass is 16.5. The van der Waals surface area contributed by atoms with Gasteiger partial charge in [-0.05, 0) is 82.3 Å². The Morgan fingerprint density at radius 3 is 2.67 bits per heavy atom. The Balaban J connectivity index is 1.34. The van der Waals surface area contributed by atoms with Crippen LogP contribution in [-0.2, 0) is 4.79 Å². The van der Waals surface area contributed by atoms with Crippen LogP contribution in [0.4, 0.5) is 5.69 Å². The lowest BCUT2D eigenvalue weighted by molar-refractivity contribution is -0.117. The average Bonchev–Trinajstić information content (AvgIpc) is 3.50. The van der Waals surface area contributed by atoms with E-state index in [1.165, 1.54) is 51.7 Å². The van der Waals surface area contributed by atoms with Crippen LogP contribution >= 0.6 is 0 Å². The zero-order chi connectivity index (χ0) is 19.1. The number of hydrogen-bond donors (Lipinski definition) is 1. The molecule has 3 rings (SSSR count). The highest BCUT2D eigenvalue weighted by molar-refractivity contribution is 5.92. The summed E-state index contributed by atoms with van der Waals surface area (Å²) in [4.78, 5) is 17.2. The van der Waals surface area contributed by atoms with Crippen LogP contribution in [0.3, 0.4) is 0 Å². The molecule has 1 aromatic carbocycles. The molecule has 0 atom stereocenters. The second-order valence-corrected chi connectivity index (χ2v) is 8.12. The van der Waals surface area contributed by atoms with Gasteiger partial charge in [-0.1, -0.05) is 13.0 Å². The van der Waals surface area contributed by atoms with E-state index in [9.17, 15) is 4.79 Å². The zero-order valence-corrected chi connectivity index (χ0v) is 17.0. The van der Waals surface area contributed by atoms with Crippen molar-refractivity contribution in [3.8, 4) is 5.75 Å². The number of hydrogen-bond acceptors (Lipinski definition) is 4. The average molecular weight is 374 g/mol. The molecule has 1 saturated carbocycles. The fraction of sp³-hybridized carbons (Fsp3) is 0.682. The van der Waals surface area contributed by atoms with Crippen LogP contribution in [0.25, 0.3) is 0 Å². The Labute approximate surface area is 164 Å². The van der Waals surface area contributed by atoms with E-state index in [4.69, 9.17) is 4.74 Å². The van der Waals surface area contributed by atoms with Crippen molar-refractivity contribution in [1.29, 1.82) is 0 Å². The summed E-state index contributed by atoms with van der Waals surface area (Å²) in [6.45, 7) is 8.56. The number of likely N-dealkylation sites (tertiary alicyclic amines) is 1. The van der Waals surface area contributed by atoms with E-state index in [2.05, 4.69) is 22.0 Å². The molecule has 0 radical (unpaired) electrons. The van der Waals surface area contributed by atoms with E-state index in [1.54, 1.807) is 7.11 Å². The molecule has 2 aliphatic rings. The number of nitrogens with zero attached hydrogens (tertiary/aromatic N) is 2. The molecule has 150 valence electrons. The topological polar surface area (TPSA) is 44.8 Å². The Morgan fingerprint density at radius 2 is 2.00 bits per heavy atom. The standard InChI is InChI=1S/C22H35N3O2/c1-3-24(16-19-7-8-19)12-9-18-10-13-25(14-11-18)17-22(26)23-20-5-4-6-21(15-20)27-2/h4-6,15,18-19H,3,7-14,16-17H2,1-2H3,(H,23,26). The van der Waals surface area contributed by atoms with Gasteiger partial charge in [0, 0.05) is 18.3 Å². The first-order chi connectivity index (χ1) is 13.2. The van der Waals surface area contributed by atoms with Crippen LogP contribution in [-0.4, -0.2) is 62.1 Å². The highest BCUT2D eigenvalue weighted by Crippen LogP contribution is 2.30. The maximum Gasteiger partial charge on any atom is 0.238 e. The molecular weight excluding hydrogens is 338 g/mol. The van der Waals surface area contributed by atoms with Crippen molar-refractivity contribution < 1.29 is 9.53 Å². The Kier molecular flexibility index (Phi) is 7.53. The van der Waals surface area contributed by atoms with Gasteiger partial charge in [0.05, 0.1) is 13.7 Å². The molecule has 1 aliphatic carbocycles. The smallest absolute Gasteiger partial charge is 0.238 e. The Hall–Kier alpha value is -1.59. The number of carbonyl (C=O) groups is 1. The van der Waals surface area contributed by atoms with Crippen LogP contribution < -0.4 is 10.1 Å². The minimum absolute atomic E-state index is 0.0586. The van der Waals surface area contributed by atoms with Crippen molar-refractivity contribution in [1.82, 2.24) is 9.80 Å². The summed E-state index contributed by atoms with van der Waals surface area (Å²) in [5.74, 6) is 2.62. The van der Waals surface area contributed by atoms with Gasteiger partial charge in [0.1, 0.15) is 5.75 Å².